The van der Waals surface area contributed by atoms with E-state index < -0.39 is 15.4 Å². The molecule has 1 amide bonds. The number of aryl methyl sites for hydroxylation is 2. The van der Waals surface area contributed by atoms with Crippen molar-refractivity contribution in [3.63, 3.8) is 0 Å². The number of sulfonamides is 1. The first-order chi connectivity index (χ1) is 15.4. The molecule has 1 aliphatic heterocycles. The fourth-order valence-corrected chi connectivity index (χ4v) is 4.47. The number of amides is 1. The number of nitrogens with one attached hydrogen (secondary N) is 3. The number of anilines is 5. The number of carbonyl (C=O) groups excluding carboxylic acids is 1. The maximum atomic E-state index is 12.2. The van der Waals surface area contributed by atoms with Gasteiger partial charge in [-0.15, -0.1) is 0 Å². The molecule has 0 bridgehead atoms. The summed E-state index contributed by atoms with van der Waals surface area (Å²) in [5.74, 6) is 0.920. The molecular formula is C23H26N6O3S. The van der Waals surface area contributed by atoms with Crippen LogP contribution in [0.2, 0.25) is 0 Å². The molecule has 0 unspecified atom stereocenters. The molecule has 0 atom stereocenters. The van der Waals surface area contributed by atoms with Gasteiger partial charge in [-0.05, 0) is 61.7 Å². The van der Waals surface area contributed by atoms with Crippen LogP contribution < -0.4 is 21.1 Å². The van der Waals surface area contributed by atoms with E-state index in [-0.39, 0.29) is 10.8 Å². The van der Waals surface area contributed by atoms with Crippen LogP contribution >= 0.6 is 0 Å². The minimum absolute atomic E-state index is 0.0137. The Morgan fingerprint density at radius 1 is 1.03 bits per heavy atom. The van der Waals surface area contributed by atoms with Gasteiger partial charge in [0.1, 0.15) is 5.82 Å². The molecule has 0 aliphatic carbocycles. The topological polar surface area (TPSA) is 139 Å². The molecule has 33 heavy (non-hydrogen) atoms. The average molecular weight is 467 g/mol. The number of fused-ring (bicyclic) bond motifs is 1. The van der Waals surface area contributed by atoms with Crippen molar-refractivity contribution in [3.05, 3.63) is 59.3 Å². The number of carbonyl (C=O) groups is 1. The third-order valence-electron chi connectivity index (χ3n) is 5.59. The highest BCUT2D eigenvalue weighted by Crippen LogP contribution is 2.35. The first kappa shape index (κ1) is 22.7. The van der Waals surface area contributed by atoms with E-state index in [4.69, 9.17) is 5.14 Å². The molecular weight excluding hydrogens is 440 g/mol. The van der Waals surface area contributed by atoms with Crippen LogP contribution in [0.4, 0.5) is 28.8 Å². The van der Waals surface area contributed by atoms with Gasteiger partial charge in [0.15, 0.2) is 0 Å². The summed E-state index contributed by atoms with van der Waals surface area (Å²) in [7, 11) is -3.84. The van der Waals surface area contributed by atoms with Crippen LogP contribution in [0, 0.1) is 19.3 Å². The van der Waals surface area contributed by atoms with Crippen LogP contribution in [0.25, 0.3) is 0 Å². The van der Waals surface area contributed by atoms with E-state index in [2.05, 4.69) is 25.9 Å². The second-order valence-electron chi connectivity index (χ2n) is 8.89. The van der Waals surface area contributed by atoms with Gasteiger partial charge in [-0.2, -0.15) is 4.98 Å². The van der Waals surface area contributed by atoms with Crippen molar-refractivity contribution in [2.45, 2.75) is 39.0 Å². The van der Waals surface area contributed by atoms with E-state index in [1.807, 2.05) is 39.0 Å². The zero-order chi connectivity index (χ0) is 24.0. The Morgan fingerprint density at radius 2 is 1.73 bits per heavy atom. The molecule has 2 aromatic carbocycles. The molecule has 10 heteroatoms. The molecule has 4 rings (SSSR count). The highest BCUT2D eigenvalue weighted by molar-refractivity contribution is 7.89. The smallest absolute Gasteiger partial charge is 0.238 e. The SMILES string of the molecule is Cc1ccc(Nc2ncc(C)c(Nc3ccc4c(c3)CC(C)(C)C(=O)N4)n2)cc1S(N)(=O)=O. The molecule has 0 saturated heterocycles. The van der Waals surface area contributed by atoms with Crippen LogP contribution in [-0.4, -0.2) is 24.3 Å². The van der Waals surface area contributed by atoms with Gasteiger partial charge in [0.05, 0.1) is 4.90 Å². The normalized spacial score (nSPS) is 14.9. The van der Waals surface area contributed by atoms with Gasteiger partial charge in [-0.3, -0.25) is 4.79 Å². The van der Waals surface area contributed by atoms with Gasteiger partial charge in [-0.25, -0.2) is 18.5 Å². The second-order valence-corrected chi connectivity index (χ2v) is 10.4. The summed E-state index contributed by atoms with van der Waals surface area (Å²) in [6.45, 7) is 7.41. The molecule has 0 fully saturated rings. The monoisotopic (exact) mass is 466 g/mol. The Balaban J connectivity index is 1.59. The van der Waals surface area contributed by atoms with Crippen molar-refractivity contribution in [2.75, 3.05) is 16.0 Å². The number of hydrogen-bond acceptors (Lipinski definition) is 7. The lowest BCUT2D eigenvalue weighted by Crippen LogP contribution is -2.37. The molecule has 2 heterocycles. The zero-order valence-electron chi connectivity index (χ0n) is 18.9. The summed E-state index contributed by atoms with van der Waals surface area (Å²) in [4.78, 5) is 21.1. The van der Waals surface area contributed by atoms with Gasteiger partial charge >= 0.3 is 0 Å². The molecule has 3 aromatic rings. The Kier molecular flexibility index (Phi) is 5.59. The first-order valence-electron chi connectivity index (χ1n) is 10.4. The summed E-state index contributed by atoms with van der Waals surface area (Å²) in [5, 5.41) is 14.6. The van der Waals surface area contributed by atoms with Crippen molar-refractivity contribution in [1.29, 1.82) is 0 Å². The lowest BCUT2D eigenvalue weighted by molar-refractivity contribution is -0.124. The van der Waals surface area contributed by atoms with E-state index in [9.17, 15) is 13.2 Å². The van der Waals surface area contributed by atoms with Crippen molar-refractivity contribution in [2.24, 2.45) is 10.6 Å². The third-order valence-corrected chi connectivity index (χ3v) is 6.64. The minimum atomic E-state index is -3.84. The summed E-state index contributed by atoms with van der Waals surface area (Å²) in [6, 6.07) is 10.6. The Labute approximate surface area is 192 Å². The van der Waals surface area contributed by atoms with Crippen LogP contribution in [-0.2, 0) is 21.2 Å². The van der Waals surface area contributed by atoms with Crippen molar-refractivity contribution in [3.8, 4) is 0 Å². The van der Waals surface area contributed by atoms with E-state index in [1.54, 1.807) is 25.3 Å². The van der Waals surface area contributed by atoms with Crippen molar-refractivity contribution in [1.82, 2.24) is 9.97 Å². The molecule has 1 aliphatic rings. The Hall–Kier alpha value is -3.50. The molecule has 5 N–H and O–H groups in total. The van der Waals surface area contributed by atoms with Gasteiger partial charge in [0.2, 0.25) is 21.9 Å². The highest BCUT2D eigenvalue weighted by Gasteiger charge is 2.33. The summed E-state index contributed by atoms with van der Waals surface area (Å²) >= 11 is 0. The molecule has 0 radical (unpaired) electrons. The van der Waals surface area contributed by atoms with Crippen LogP contribution in [0.1, 0.15) is 30.5 Å². The fourth-order valence-electron chi connectivity index (χ4n) is 3.67. The van der Waals surface area contributed by atoms with Gasteiger partial charge < -0.3 is 16.0 Å². The lowest BCUT2D eigenvalue weighted by atomic mass is 9.81. The number of aromatic nitrogens is 2. The summed E-state index contributed by atoms with van der Waals surface area (Å²) in [5.41, 5.74) is 4.12. The largest absolute Gasteiger partial charge is 0.340 e. The van der Waals surface area contributed by atoms with E-state index in [1.165, 1.54) is 6.07 Å². The van der Waals surface area contributed by atoms with Crippen molar-refractivity contribution < 1.29 is 13.2 Å². The number of nitrogens with two attached hydrogens (primary N) is 1. The summed E-state index contributed by atoms with van der Waals surface area (Å²) < 4.78 is 23.6. The van der Waals surface area contributed by atoms with E-state index >= 15 is 0 Å². The van der Waals surface area contributed by atoms with Crippen LogP contribution in [0.5, 0.6) is 0 Å². The maximum Gasteiger partial charge on any atom is 0.238 e. The number of nitrogens with zero attached hydrogens (tertiary/aromatic N) is 2. The Bertz CT molecular complexity index is 1370. The maximum absolute atomic E-state index is 12.2. The second kappa shape index (κ2) is 8.13. The number of rotatable bonds is 5. The first-order valence-corrected chi connectivity index (χ1v) is 11.9. The van der Waals surface area contributed by atoms with Crippen LogP contribution in [0.3, 0.4) is 0 Å². The number of hydrogen-bond donors (Lipinski definition) is 4. The predicted octanol–water partition coefficient (Wildman–Crippen LogP) is 3.75. The van der Waals surface area contributed by atoms with Crippen molar-refractivity contribution >= 4 is 44.8 Å². The quantitative estimate of drug-likeness (QED) is 0.449. The molecule has 0 spiro atoms. The highest BCUT2D eigenvalue weighted by atomic mass is 32.2. The molecule has 9 nitrogen and oxygen atoms in total. The Morgan fingerprint density at radius 3 is 2.45 bits per heavy atom. The standard InChI is InChI=1S/C23H26N6O3S/c1-13-5-6-17(10-19(13)33(24,31)32)27-22-25-12-14(2)20(29-22)26-16-7-8-18-15(9-16)11-23(3,4)21(30)28-18/h5-10,12H,11H2,1-4H3,(H,28,30)(H2,24,31,32)(H2,25,26,27,29). The lowest BCUT2D eigenvalue weighted by Gasteiger charge is -2.30. The van der Waals surface area contributed by atoms with E-state index in [0.717, 1.165) is 22.5 Å². The van der Waals surface area contributed by atoms with Gasteiger partial charge in [0.25, 0.3) is 0 Å². The van der Waals surface area contributed by atoms with Gasteiger partial charge in [-0.1, -0.05) is 19.9 Å². The van der Waals surface area contributed by atoms with E-state index in [0.29, 0.717) is 29.4 Å². The molecule has 172 valence electrons. The molecule has 0 saturated carbocycles. The summed E-state index contributed by atoms with van der Waals surface area (Å²) in [6.07, 6.45) is 2.31. The van der Waals surface area contributed by atoms with Crippen LogP contribution in [0.15, 0.2) is 47.5 Å². The van der Waals surface area contributed by atoms with Gasteiger partial charge in [0, 0.05) is 34.2 Å². The zero-order valence-corrected chi connectivity index (χ0v) is 19.7. The molecule has 1 aromatic heterocycles. The number of primary sulfonamides is 1. The average Bonchev–Trinajstić information content (AvgIpc) is 2.72. The number of benzene rings is 2. The predicted molar refractivity (Wildman–Crippen MR) is 128 cm³/mol. The minimum Gasteiger partial charge on any atom is -0.340 e. The third kappa shape index (κ3) is 4.81. The fraction of sp³-hybridized carbons (Fsp3) is 0.261.